The van der Waals surface area contributed by atoms with Crippen LogP contribution in [0.1, 0.15) is 38.0 Å². The summed E-state index contributed by atoms with van der Waals surface area (Å²) < 4.78 is 11.1. The van der Waals surface area contributed by atoms with Gasteiger partial charge in [-0.1, -0.05) is 60.7 Å². The van der Waals surface area contributed by atoms with E-state index in [1.54, 1.807) is 25.3 Å². The summed E-state index contributed by atoms with van der Waals surface area (Å²) in [4.78, 5) is 38.9. The molecule has 3 aromatic carbocycles. The molecule has 8 heteroatoms. The smallest absolute Gasteiger partial charge is 0.260 e. The number of rotatable bonds is 15. The highest BCUT2D eigenvalue weighted by molar-refractivity contribution is 7.99. The Kier molecular flexibility index (Phi) is 11.0. The van der Waals surface area contributed by atoms with Gasteiger partial charge in [0.25, 0.3) is 5.91 Å². The summed E-state index contributed by atoms with van der Waals surface area (Å²) in [5.41, 5.74) is 1.01. The number of amides is 2. The average molecular weight is 573 g/mol. The second-order valence-electron chi connectivity index (χ2n) is 10.0. The minimum absolute atomic E-state index is 0.0453. The lowest BCUT2D eigenvalue weighted by atomic mass is 9.97. The summed E-state index contributed by atoms with van der Waals surface area (Å²) in [6, 6.07) is 26.0. The number of nitrogens with one attached hydrogen (secondary N) is 2. The van der Waals surface area contributed by atoms with Gasteiger partial charge < -0.3 is 19.8 Å². The van der Waals surface area contributed by atoms with Crippen molar-refractivity contribution in [3.05, 3.63) is 103 Å². The van der Waals surface area contributed by atoms with Crippen molar-refractivity contribution in [2.45, 2.75) is 57.1 Å². The number of hydrogen-bond acceptors (Lipinski definition) is 6. The minimum atomic E-state index is -0.671. The molecule has 3 atom stereocenters. The topological polar surface area (TPSA) is 97.6 Å². The maximum absolute atomic E-state index is 13.3. The molecule has 1 aromatic heterocycles. The van der Waals surface area contributed by atoms with Crippen LogP contribution in [0.4, 0.5) is 0 Å². The molecule has 0 aliphatic rings. The maximum Gasteiger partial charge on any atom is 0.260 e. The van der Waals surface area contributed by atoms with Gasteiger partial charge in [0.2, 0.25) is 5.91 Å². The van der Waals surface area contributed by atoms with Crippen molar-refractivity contribution >= 4 is 40.1 Å². The number of thioether (sulfide) groups is 1. The quantitative estimate of drug-likeness (QED) is 0.189. The Morgan fingerprint density at radius 2 is 1.63 bits per heavy atom. The van der Waals surface area contributed by atoms with Crippen LogP contribution in [0.3, 0.4) is 0 Å². The highest BCUT2D eigenvalue weighted by Gasteiger charge is 2.23. The molecule has 4 rings (SSSR count). The fourth-order valence-corrected chi connectivity index (χ4v) is 5.36. The fraction of sp³-hybridized carbons (Fsp3) is 0.303. The summed E-state index contributed by atoms with van der Waals surface area (Å²) in [5, 5.41) is 8.04. The molecule has 214 valence electrons. The molecule has 4 aromatic rings. The third-order valence-electron chi connectivity index (χ3n) is 6.71. The first kappa shape index (κ1) is 29.9. The number of benzene rings is 3. The van der Waals surface area contributed by atoms with Gasteiger partial charge in [0, 0.05) is 18.9 Å². The van der Waals surface area contributed by atoms with E-state index in [4.69, 9.17) is 9.15 Å². The Hall–Kier alpha value is -4.04. The zero-order chi connectivity index (χ0) is 29.0. The van der Waals surface area contributed by atoms with Crippen molar-refractivity contribution in [3.63, 3.8) is 0 Å². The lowest BCUT2D eigenvalue weighted by Gasteiger charge is -2.21. The molecule has 0 saturated heterocycles. The Bertz CT molecular complexity index is 1420. The van der Waals surface area contributed by atoms with Crippen molar-refractivity contribution in [1.82, 2.24) is 10.6 Å². The van der Waals surface area contributed by atoms with Crippen LogP contribution in [0.15, 0.2) is 95.6 Å². The first-order valence-corrected chi connectivity index (χ1v) is 15.0. The highest BCUT2D eigenvalue weighted by Crippen LogP contribution is 2.21. The molecular weight excluding hydrogens is 536 g/mol. The maximum atomic E-state index is 13.3. The third kappa shape index (κ3) is 9.25. The lowest BCUT2D eigenvalue weighted by molar-refractivity contribution is -0.128. The molecule has 0 spiro atoms. The van der Waals surface area contributed by atoms with Crippen molar-refractivity contribution in [2.75, 3.05) is 5.75 Å². The molecule has 0 aliphatic carbocycles. The molecule has 2 amide bonds. The van der Waals surface area contributed by atoms with Crippen LogP contribution in [-0.2, 0) is 26.6 Å². The second-order valence-corrected chi connectivity index (χ2v) is 11.0. The average Bonchev–Trinajstić information content (AvgIpc) is 3.50. The van der Waals surface area contributed by atoms with Gasteiger partial charge in [0.15, 0.2) is 11.9 Å². The summed E-state index contributed by atoms with van der Waals surface area (Å²) >= 11 is 1.46. The zero-order valence-corrected chi connectivity index (χ0v) is 24.2. The largest absolute Gasteiger partial charge is 0.481 e. The molecule has 0 aliphatic heterocycles. The molecule has 0 saturated carbocycles. The van der Waals surface area contributed by atoms with E-state index in [9.17, 15) is 14.4 Å². The molecule has 2 N–H and O–H groups in total. The number of carbonyl (C=O) groups is 3. The molecular formula is C33H36N2O5S. The first-order chi connectivity index (χ1) is 19.9. The Balaban J connectivity index is 1.33. The van der Waals surface area contributed by atoms with Crippen LogP contribution in [0.5, 0.6) is 5.75 Å². The van der Waals surface area contributed by atoms with Crippen molar-refractivity contribution in [3.8, 4) is 5.75 Å². The van der Waals surface area contributed by atoms with E-state index < -0.39 is 12.1 Å². The van der Waals surface area contributed by atoms with E-state index in [-0.39, 0.29) is 35.8 Å². The zero-order valence-electron chi connectivity index (χ0n) is 23.4. The number of fused-ring (bicyclic) bond motifs is 1. The molecule has 0 bridgehead atoms. The Morgan fingerprint density at radius 3 is 2.41 bits per heavy atom. The number of carbonyl (C=O) groups excluding carboxylic acids is 3. The van der Waals surface area contributed by atoms with Crippen LogP contribution in [0.2, 0.25) is 0 Å². The molecule has 7 nitrogen and oxygen atoms in total. The van der Waals surface area contributed by atoms with E-state index in [2.05, 4.69) is 10.6 Å². The Morgan fingerprint density at radius 1 is 0.878 bits per heavy atom. The lowest BCUT2D eigenvalue weighted by Crippen LogP contribution is -2.44. The van der Waals surface area contributed by atoms with Gasteiger partial charge in [-0.25, -0.2) is 0 Å². The molecule has 0 radical (unpaired) electrons. The predicted molar refractivity (Wildman–Crippen MR) is 163 cm³/mol. The number of ether oxygens (including phenoxy) is 1. The van der Waals surface area contributed by atoms with Crippen LogP contribution in [0, 0.1) is 0 Å². The van der Waals surface area contributed by atoms with Gasteiger partial charge in [-0.15, -0.1) is 11.8 Å². The first-order valence-electron chi connectivity index (χ1n) is 13.8. The van der Waals surface area contributed by atoms with Gasteiger partial charge >= 0.3 is 0 Å². The van der Waals surface area contributed by atoms with Gasteiger partial charge in [0.1, 0.15) is 11.5 Å². The summed E-state index contributed by atoms with van der Waals surface area (Å²) in [6.07, 6.45) is 1.94. The number of ketones is 1. The van der Waals surface area contributed by atoms with Crippen LogP contribution in [0.25, 0.3) is 10.8 Å². The minimum Gasteiger partial charge on any atom is -0.481 e. The predicted octanol–water partition coefficient (Wildman–Crippen LogP) is 5.72. The van der Waals surface area contributed by atoms with Crippen molar-refractivity contribution in [1.29, 1.82) is 0 Å². The molecule has 0 fully saturated rings. The fourth-order valence-electron chi connectivity index (χ4n) is 4.49. The number of Topliss-reactive ketones (excluding diaryl/α,β-unsaturated/α-hetero) is 1. The summed E-state index contributed by atoms with van der Waals surface area (Å²) in [5.74, 6) is 1.73. The van der Waals surface area contributed by atoms with Crippen molar-refractivity contribution < 1.29 is 23.5 Å². The summed E-state index contributed by atoms with van der Waals surface area (Å²) in [6.45, 7) is 3.54. The second kappa shape index (κ2) is 15.1. The molecule has 41 heavy (non-hydrogen) atoms. The van der Waals surface area contributed by atoms with E-state index in [1.165, 1.54) is 11.8 Å². The van der Waals surface area contributed by atoms with E-state index in [1.807, 2.05) is 79.7 Å². The normalized spacial score (nSPS) is 13.2. The third-order valence-corrected chi connectivity index (χ3v) is 7.69. The van der Waals surface area contributed by atoms with Crippen LogP contribution >= 0.6 is 11.8 Å². The van der Waals surface area contributed by atoms with E-state index in [0.717, 1.165) is 22.1 Å². The van der Waals surface area contributed by atoms with Gasteiger partial charge in [-0.3, -0.25) is 14.4 Å². The van der Waals surface area contributed by atoms with Crippen LogP contribution < -0.4 is 15.4 Å². The monoisotopic (exact) mass is 572 g/mol. The molecule has 1 heterocycles. The SMILES string of the molecule is C[C@H](Oc1ccccc1)C(=O)N[C@@H](C)CCC(=O)NC(Cc1cccc2ccccc12)C(=O)CSCc1ccco1. The van der Waals surface area contributed by atoms with Gasteiger partial charge in [-0.2, -0.15) is 0 Å². The van der Waals surface area contributed by atoms with Gasteiger partial charge in [0.05, 0.1) is 23.8 Å². The number of furan rings is 1. The Labute approximate surface area is 245 Å². The highest BCUT2D eigenvalue weighted by atomic mass is 32.2. The summed E-state index contributed by atoms with van der Waals surface area (Å²) in [7, 11) is 0. The van der Waals surface area contributed by atoms with Crippen LogP contribution in [-0.4, -0.2) is 41.5 Å². The van der Waals surface area contributed by atoms with E-state index in [0.29, 0.717) is 24.3 Å². The van der Waals surface area contributed by atoms with E-state index >= 15 is 0 Å². The number of para-hydroxylation sites is 1. The van der Waals surface area contributed by atoms with Crippen molar-refractivity contribution in [2.24, 2.45) is 0 Å². The molecule has 1 unspecified atom stereocenters. The van der Waals surface area contributed by atoms with Gasteiger partial charge in [-0.05, 0) is 60.9 Å². The number of hydrogen-bond donors (Lipinski definition) is 2. The standard InChI is InChI=1S/C33H36N2O5S/c1-23(34-33(38)24(2)40-27-13-4-3-5-14-27)17-18-32(37)35-30(31(36)22-41-21-28-15-9-19-39-28)20-26-12-8-11-25-10-6-7-16-29(25)26/h3-16,19,23-24,30H,17-18,20-22H2,1-2H3,(H,34,38)(H,35,37)/t23-,24-,30?/m0/s1.